The van der Waals surface area contributed by atoms with Crippen molar-refractivity contribution < 1.29 is 14.7 Å². The molecular formula is C15H18BrNO3. The predicted octanol–water partition coefficient (Wildman–Crippen LogP) is 3.13. The summed E-state index contributed by atoms with van der Waals surface area (Å²) in [7, 11) is 0. The van der Waals surface area contributed by atoms with E-state index in [0.29, 0.717) is 12.8 Å². The Morgan fingerprint density at radius 1 is 1.30 bits per heavy atom. The Morgan fingerprint density at radius 3 is 2.60 bits per heavy atom. The molecule has 0 aliphatic heterocycles. The van der Waals surface area contributed by atoms with Crippen LogP contribution in [0, 0.1) is 11.8 Å². The molecule has 0 bridgehead atoms. The summed E-state index contributed by atoms with van der Waals surface area (Å²) in [6.45, 7) is 1.91. The van der Waals surface area contributed by atoms with Crippen molar-refractivity contribution in [1.29, 1.82) is 0 Å². The van der Waals surface area contributed by atoms with Crippen molar-refractivity contribution in [2.24, 2.45) is 11.8 Å². The topological polar surface area (TPSA) is 66.4 Å². The van der Waals surface area contributed by atoms with Crippen molar-refractivity contribution >= 4 is 27.8 Å². The summed E-state index contributed by atoms with van der Waals surface area (Å²) in [5.74, 6) is -1.96. The molecule has 1 aliphatic rings. The van der Waals surface area contributed by atoms with E-state index >= 15 is 0 Å². The van der Waals surface area contributed by atoms with Crippen LogP contribution in [0.2, 0.25) is 0 Å². The second-order valence-electron chi connectivity index (χ2n) is 5.23. The van der Waals surface area contributed by atoms with Crippen molar-refractivity contribution in [2.45, 2.75) is 32.2 Å². The first kappa shape index (κ1) is 15.0. The Labute approximate surface area is 126 Å². The van der Waals surface area contributed by atoms with E-state index < -0.39 is 17.8 Å². The average Bonchev–Trinajstić information content (AvgIpc) is 2.88. The van der Waals surface area contributed by atoms with Gasteiger partial charge in [-0.3, -0.25) is 9.59 Å². The predicted molar refractivity (Wildman–Crippen MR) is 79.2 cm³/mol. The molecule has 2 N–H and O–H groups in total. The fraction of sp³-hybridized carbons (Fsp3) is 0.467. The SMILES string of the molecule is CC(NC(=O)C1CCCC1C(=O)O)c1ccccc1Br. The highest BCUT2D eigenvalue weighted by atomic mass is 79.9. The minimum Gasteiger partial charge on any atom is -0.481 e. The number of halogens is 1. The highest BCUT2D eigenvalue weighted by Crippen LogP contribution is 2.33. The molecule has 5 heteroatoms. The highest BCUT2D eigenvalue weighted by Gasteiger charge is 2.38. The van der Waals surface area contributed by atoms with Gasteiger partial charge in [-0.05, 0) is 31.4 Å². The number of carbonyl (C=O) groups excluding carboxylic acids is 1. The maximum atomic E-state index is 12.3. The number of rotatable bonds is 4. The van der Waals surface area contributed by atoms with Gasteiger partial charge in [0.1, 0.15) is 0 Å². The van der Waals surface area contributed by atoms with Gasteiger partial charge in [0, 0.05) is 4.47 Å². The lowest BCUT2D eigenvalue weighted by atomic mass is 9.94. The summed E-state index contributed by atoms with van der Waals surface area (Å²) in [5, 5.41) is 12.1. The van der Waals surface area contributed by atoms with E-state index in [9.17, 15) is 9.59 Å². The van der Waals surface area contributed by atoms with Gasteiger partial charge >= 0.3 is 5.97 Å². The molecule has 0 heterocycles. The fourth-order valence-corrected chi connectivity index (χ4v) is 3.42. The molecule has 4 nitrogen and oxygen atoms in total. The van der Waals surface area contributed by atoms with Crippen LogP contribution in [-0.4, -0.2) is 17.0 Å². The van der Waals surface area contributed by atoms with E-state index in [1.165, 1.54) is 0 Å². The van der Waals surface area contributed by atoms with Gasteiger partial charge in [0.05, 0.1) is 17.9 Å². The minimum absolute atomic E-state index is 0.145. The van der Waals surface area contributed by atoms with Crippen molar-refractivity contribution in [3.63, 3.8) is 0 Å². The molecule has 1 amide bonds. The van der Waals surface area contributed by atoms with Crippen LogP contribution in [0.25, 0.3) is 0 Å². The van der Waals surface area contributed by atoms with Gasteiger partial charge in [-0.15, -0.1) is 0 Å². The number of carboxylic acid groups (broad SMARTS) is 1. The number of aliphatic carboxylic acids is 1. The van der Waals surface area contributed by atoms with Crippen LogP contribution in [-0.2, 0) is 9.59 Å². The molecule has 1 aromatic rings. The Bertz CT molecular complexity index is 518. The smallest absolute Gasteiger partial charge is 0.307 e. The first-order chi connectivity index (χ1) is 9.50. The summed E-state index contributed by atoms with van der Waals surface area (Å²) < 4.78 is 0.939. The molecule has 1 aromatic carbocycles. The number of nitrogens with one attached hydrogen (secondary N) is 1. The van der Waals surface area contributed by atoms with E-state index in [0.717, 1.165) is 16.5 Å². The largest absolute Gasteiger partial charge is 0.481 e. The molecule has 108 valence electrons. The third kappa shape index (κ3) is 3.20. The zero-order valence-corrected chi connectivity index (χ0v) is 12.9. The van der Waals surface area contributed by atoms with Crippen LogP contribution in [0.4, 0.5) is 0 Å². The molecule has 1 fully saturated rings. The summed E-state index contributed by atoms with van der Waals surface area (Å²) in [5.41, 5.74) is 0.991. The van der Waals surface area contributed by atoms with E-state index in [1.807, 2.05) is 31.2 Å². The molecule has 3 unspecified atom stereocenters. The number of amides is 1. The first-order valence-corrected chi connectivity index (χ1v) is 7.57. The number of carbonyl (C=O) groups is 2. The lowest BCUT2D eigenvalue weighted by molar-refractivity contribution is -0.146. The van der Waals surface area contributed by atoms with Crippen molar-refractivity contribution in [3.05, 3.63) is 34.3 Å². The summed E-state index contributed by atoms with van der Waals surface area (Å²) in [6, 6.07) is 7.55. The highest BCUT2D eigenvalue weighted by molar-refractivity contribution is 9.10. The Balaban J connectivity index is 2.04. The quantitative estimate of drug-likeness (QED) is 0.885. The van der Waals surface area contributed by atoms with E-state index in [1.54, 1.807) is 0 Å². The Morgan fingerprint density at radius 2 is 1.95 bits per heavy atom. The molecular weight excluding hydrogens is 322 g/mol. The fourth-order valence-electron chi connectivity index (χ4n) is 2.79. The van der Waals surface area contributed by atoms with Gasteiger partial charge in [-0.1, -0.05) is 40.5 Å². The number of hydrogen-bond acceptors (Lipinski definition) is 2. The molecule has 1 saturated carbocycles. The third-order valence-electron chi connectivity index (χ3n) is 3.90. The number of carboxylic acids is 1. The van der Waals surface area contributed by atoms with Gasteiger partial charge in [-0.25, -0.2) is 0 Å². The molecule has 0 saturated heterocycles. The summed E-state index contributed by atoms with van der Waals surface area (Å²) in [6.07, 6.45) is 2.06. The summed E-state index contributed by atoms with van der Waals surface area (Å²) >= 11 is 3.46. The van der Waals surface area contributed by atoms with Crippen LogP contribution in [0.15, 0.2) is 28.7 Å². The normalized spacial score (nSPS) is 23.3. The van der Waals surface area contributed by atoms with Crippen LogP contribution in [0.5, 0.6) is 0 Å². The molecule has 2 rings (SSSR count). The average molecular weight is 340 g/mol. The number of benzene rings is 1. The van der Waals surface area contributed by atoms with Crippen LogP contribution >= 0.6 is 15.9 Å². The maximum Gasteiger partial charge on any atom is 0.307 e. The molecule has 1 aliphatic carbocycles. The van der Waals surface area contributed by atoms with Gasteiger partial charge in [-0.2, -0.15) is 0 Å². The van der Waals surface area contributed by atoms with E-state index in [2.05, 4.69) is 21.2 Å². The summed E-state index contributed by atoms with van der Waals surface area (Å²) in [4.78, 5) is 23.4. The number of hydrogen-bond donors (Lipinski definition) is 2. The van der Waals surface area contributed by atoms with Crippen LogP contribution in [0.3, 0.4) is 0 Å². The zero-order chi connectivity index (χ0) is 14.7. The van der Waals surface area contributed by atoms with E-state index in [-0.39, 0.29) is 11.9 Å². The van der Waals surface area contributed by atoms with Crippen molar-refractivity contribution in [1.82, 2.24) is 5.32 Å². The van der Waals surface area contributed by atoms with E-state index in [4.69, 9.17) is 5.11 Å². The maximum absolute atomic E-state index is 12.3. The van der Waals surface area contributed by atoms with Gasteiger partial charge in [0.2, 0.25) is 5.91 Å². The van der Waals surface area contributed by atoms with Gasteiger partial charge in [0.15, 0.2) is 0 Å². The third-order valence-corrected chi connectivity index (χ3v) is 4.62. The molecule has 3 atom stereocenters. The monoisotopic (exact) mass is 339 g/mol. The van der Waals surface area contributed by atoms with Crippen LogP contribution < -0.4 is 5.32 Å². The molecule has 0 radical (unpaired) electrons. The lowest BCUT2D eigenvalue weighted by Gasteiger charge is -2.20. The first-order valence-electron chi connectivity index (χ1n) is 6.78. The second-order valence-corrected chi connectivity index (χ2v) is 6.09. The molecule has 0 spiro atoms. The van der Waals surface area contributed by atoms with Crippen molar-refractivity contribution in [2.75, 3.05) is 0 Å². The minimum atomic E-state index is -0.865. The molecule has 0 aromatic heterocycles. The Hall–Kier alpha value is -1.36. The lowest BCUT2D eigenvalue weighted by Crippen LogP contribution is -2.36. The zero-order valence-electron chi connectivity index (χ0n) is 11.3. The Kier molecular flexibility index (Phi) is 4.81. The van der Waals surface area contributed by atoms with Crippen LogP contribution in [0.1, 0.15) is 37.8 Å². The van der Waals surface area contributed by atoms with Crippen molar-refractivity contribution in [3.8, 4) is 0 Å². The standard InChI is InChI=1S/C15H18BrNO3/c1-9(10-5-2-3-8-13(10)16)17-14(18)11-6-4-7-12(11)15(19)20/h2-3,5,8-9,11-12H,4,6-7H2,1H3,(H,17,18)(H,19,20). The molecule has 20 heavy (non-hydrogen) atoms. The second kappa shape index (κ2) is 6.39. The van der Waals surface area contributed by atoms with Gasteiger partial charge < -0.3 is 10.4 Å². The van der Waals surface area contributed by atoms with Gasteiger partial charge in [0.25, 0.3) is 0 Å².